The van der Waals surface area contributed by atoms with Crippen molar-refractivity contribution in [1.82, 2.24) is 10.3 Å². The summed E-state index contributed by atoms with van der Waals surface area (Å²) in [4.78, 5) is 16.9. The number of thiazole rings is 1. The van der Waals surface area contributed by atoms with Crippen molar-refractivity contribution >= 4 is 23.4 Å². The Balaban J connectivity index is 1.48. The van der Waals surface area contributed by atoms with E-state index in [0.717, 1.165) is 38.7 Å². The van der Waals surface area contributed by atoms with Crippen molar-refractivity contribution in [2.45, 2.75) is 52.5 Å². The number of allylic oxidation sites excluding steroid dienone is 2. The smallest absolute Gasteiger partial charge is 0.333 e. The van der Waals surface area contributed by atoms with Crippen LogP contribution in [0.5, 0.6) is 5.75 Å². The minimum atomic E-state index is -0.745. The molecule has 0 aliphatic rings. The van der Waals surface area contributed by atoms with Crippen LogP contribution in [-0.4, -0.2) is 28.9 Å². The van der Waals surface area contributed by atoms with E-state index in [1.165, 1.54) is 0 Å². The fraction of sp³-hybridized carbons (Fsp3) is 0.257. The number of esters is 1. The number of carbonyl (C=O) groups excluding carboxylic acids is 1. The largest absolute Gasteiger partial charge is 0.489 e. The van der Waals surface area contributed by atoms with Gasteiger partial charge in [-0.3, -0.25) is 5.32 Å². The van der Waals surface area contributed by atoms with E-state index >= 15 is 0 Å². The topological polar surface area (TPSA) is 80.7 Å². The van der Waals surface area contributed by atoms with E-state index < -0.39 is 6.23 Å². The summed E-state index contributed by atoms with van der Waals surface area (Å²) in [6.07, 6.45) is 4.13. The number of hydrogen-bond acceptors (Lipinski definition) is 7. The van der Waals surface area contributed by atoms with Gasteiger partial charge in [-0.2, -0.15) is 0 Å². The average molecular weight is 583 g/mol. The van der Waals surface area contributed by atoms with Gasteiger partial charge in [0.15, 0.2) is 0 Å². The van der Waals surface area contributed by atoms with E-state index in [1.807, 2.05) is 91.2 Å². The third-order valence-electron chi connectivity index (χ3n) is 6.53. The number of aliphatic hydroxyl groups excluding tert-OH is 1. The summed E-state index contributed by atoms with van der Waals surface area (Å²) in [6.45, 7) is 6.33. The van der Waals surface area contributed by atoms with Gasteiger partial charge < -0.3 is 14.6 Å². The minimum Gasteiger partial charge on any atom is -0.489 e. The summed E-state index contributed by atoms with van der Waals surface area (Å²) in [5, 5.41) is 17.2. The van der Waals surface area contributed by atoms with Crippen LogP contribution in [0.15, 0.2) is 108 Å². The van der Waals surface area contributed by atoms with Gasteiger partial charge in [-0.25, -0.2) is 9.78 Å². The van der Waals surface area contributed by atoms with Crippen LogP contribution in [0, 0.1) is 0 Å². The summed E-state index contributed by atoms with van der Waals surface area (Å²) in [5.41, 5.74) is 5.52. The molecule has 0 saturated carbocycles. The lowest BCUT2D eigenvalue weighted by atomic mass is 10.0. The fourth-order valence-corrected chi connectivity index (χ4v) is 5.33. The van der Waals surface area contributed by atoms with Crippen molar-refractivity contribution in [1.29, 1.82) is 0 Å². The summed E-state index contributed by atoms with van der Waals surface area (Å²) in [6, 6.07) is 27.9. The first kappa shape index (κ1) is 30.9. The molecule has 0 spiro atoms. The lowest BCUT2D eigenvalue weighted by Gasteiger charge is -2.21. The standard InChI is InChI=1S/C35H38N2O4S/c1-4-40-35(39)26(3)19-25(2)20-30-24-42-34(36-30)32(37-33(38)22-27-11-7-5-8-12-27)21-28-15-17-31(18-16-28)41-23-29-13-9-6-10-14-29/h5-20,24,32-33,37-38H,4,21-23H2,1-3H3/b25-20+,26-19-. The Labute approximate surface area is 252 Å². The van der Waals surface area contributed by atoms with E-state index in [4.69, 9.17) is 14.5 Å². The van der Waals surface area contributed by atoms with Crippen LogP contribution >= 0.6 is 11.3 Å². The minimum absolute atomic E-state index is 0.205. The number of nitrogens with one attached hydrogen (secondary N) is 1. The van der Waals surface area contributed by atoms with E-state index in [0.29, 0.717) is 31.6 Å². The van der Waals surface area contributed by atoms with Gasteiger partial charge in [0.25, 0.3) is 0 Å². The van der Waals surface area contributed by atoms with E-state index in [2.05, 4.69) is 17.4 Å². The first-order valence-corrected chi connectivity index (χ1v) is 15.0. The van der Waals surface area contributed by atoms with Crippen LogP contribution in [0.1, 0.15) is 54.2 Å². The zero-order chi connectivity index (χ0) is 29.7. The molecule has 4 aromatic rings. The maximum absolute atomic E-state index is 12.0. The Morgan fingerprint density at radius 2 is 1.57 bits per heavy atom. The van der Waals surface area contributed by atoms with Gasteiger partial charge in [0.1, 0.15) is 23.6 Å². The highest BCUT2D eigenvalue weighted by Gasteiger charge is 2.20. The van der Waals surface area contributed by atoms with E-state index in [-0.39, 0.29) is 12.0 Å². The fourth-order valence-electron chi connectivity index (χ4n) is 4.49. The SMILES string of the molecule is CCOC(=O)/C(C)=C\C(C)=C\c1csc(C(Cc2ccc(OCc3ccccc3)cc2)NC(O)Cc2ccccc2)n1. The third kappa shape index (κ3) is 9.80. The molecule has 0 radical (unpaired) electrons. The quantitative estimate of drug-likeness (QED) is 0.0717. The van der Waals surface area contributed by atoms with Crippen LogP contribution in [0.3, 0.4) is 0 Å². The highest BCUT2D eigenvalue weighted by Crippen LogP contribution is 2.26. The molecule has 2 unspecified atom stereocenters. The molecule has 6 nitrogen and oxygen atoms in total. The molecule has 218 valence electrons. The predicted molar refractivity (Wildman–Crippen MR) is 169 cm³/mol. The number of rotatable bonds is 14. The van der Waals surface area contributed by atoms with Gasteiger partial charge in [0, 0.05) is 17.4 Å². The first-order valence-electron chi connectivity index (χ1n) is 14.1. The monoisotopic (exact) mass is 582 g/mol. The highest BCUT2D eigenvalue weighted by molar-refractivity contribution is 7.09. The van der Waals surface area contributed by atoms with Crippen LogP contribution in [0.2, 0.25) is 0 Å². The molecule has 0 aliphatic heterocycles. The van der Waals surface area contributed by atoms with Crippen LogP contribution < -0.4 is 10.1 Å². The van der Waals surface area contributed by atoms with Crippen molar-refractivity contribution in [2.75, 3.05) is 6.61 Å². The zero-order valence-corrected chi connectivity index (χ0v) is 25.1. The van der Waals surface area contributed by atoms with Gasteiger partial charge in [0.2, 0.25) is 0 Å². The molecule has 0 bridgehead atoms. The van der Waals surface area contributed by atoms with Gasteiger partial charge in [0.05, 0.1) is 18.3 Å². The van der Waals surface area contributed by atoms with E-state index in [1.54, 1.807) is 31.3 Å². The number of benzene rings is 3. The van der Waals surface area contributed by atoms with E-state index in [9.17, 15) is 9.90 Å². The molecule has 1 heterocycles. The first-order chi connectivity index (χ1) is 20.4. The second-order valence-electron chi connectivity index (χ2n) is 10.1. The maximum Gasteiger partial charge on any atom is 0.333 e. The molecule has 42 heavy (non-hydrogen) atoms. The molecule has 4 rings (SSSR count). The third-order valence-corrected chi connectivity index (χ3v) is 7.51. The number of aliphatic hydroxyl groups is 1. The normalized spacial score (nSPS) is 13.4. The average Bonchev–Trinajstić information content (AvgIpc) is 3.45. The molecule has 0 aliphatic carbocycles. The van der Waals surface area contributed by atoms with Crippen molar-refractivity contribution < 1.29 is 19.4 Å². The molecule has 1 aromatic heterocycles. The lowest BCUT2D eigenvalue weighted by Crippen LogP contribution is -2.35. The highest BCUT2D eigenvalue weighted by atomic mass is 32.1. The number of ether oxygens (including phenoxy) is 2. The lowest BCUT2D eigenvalue weighted by molar-refractivity contribution is -0.138. The number of hydrogen-bond donors (Lipinski definition) is 2. The molecular formula is C35H38N2O4S. The Bertz CT molecular complexity index is 1460. The Hall–Kier alpha value is -4.04. The molecule has 3 aromatic carbocycles. The second-order valence-corrected chi connectivity index (χ2v) is 11.0. The zero-order valence-electron chi connectivity index (χ0n) is 24.3. The number of aromatic nitrogens is 1. The maximum atomic E-state index is 12.0. The molecular weight excluding hydrogens is 544 g/mol. The summed E-state index contributed by atoms with van der Waals surface area (Å²) in [7, 11) is 0. The van der Waals surface area contributed by atoms with Crippen LogP contribution in [-0.2, 0) is 29.0 Å². The van der Waals surface area contributed by atoms with Gasteiger partial charge >= 0.3 is 5.97 Å². The number of nitrogens with zero attached hydrogens (tertiary/aromatic N) is 1. The molecule has 7 heteroatoms. The van der Waals surface area contributed by atoms with Gasteiger partial charge in [-0.1, -0.05) is 72.8 Å². The van der Waals surface area contributed by atoms with Crippen molar-refractivity contribution in [3.05, 3.63) is 135 Å². The molecule has 2 N–H and O–H groups in total. The van der Waals surface area contributed by atoms with Crippen molar-refractivity contribution in [2.24, 2.45) is 0 Å². The Morgan fingerprint density at radius 3 is 2.24 bits per heavy atom. The molecule has 0 saturated heterocycles. The number of carbonyl (C=O) groups is 1. The molecule has 0 amide bonds. The van der Waals surface area contributed by atoms with Crippen LogP contribution in [0.4, 0.5) is 0 Å². The predicted octanol–water partition coefficient (Wildman–Crippen LogP) is 7.07. The summed E-state index contributed by atoms with van der Waals surface area (Å²) >= 11 is 1.54. The second kappa shape index (κ2) is 15.8. The summed E-state index contributed by atoms with van der Waals surface area (Å²) < 4.78 is 11.0. The Kier molecular flexibility index (Phi) is 11.6. The van der Waals surface area contributed by atoms with Crippen LogP contribution in [0.25, 0.3) is 6.08 Å². The van der Waals surface area contributed by atoms with Gasteiger partial charge in [-0.05, 0) is 73.7 Å². The Morgan fingerprint density at radius 1 is 0.929 bits per heavy atom. The van der Waals surface area contributed by atoms with Crippen molar-refractivity contribution in [3.8, 4) is 5.75 Å². The van der Waals surface area contributed by atoms with Crippen molar-refractivity contribution in [3.63, 3.8) is 0 Å². The molecule has 0 fully saturated rings. The summed E-state index contributed by atoms with van der Waals surface area (Å²) in [5.74, 6) is 0.483. The van der Waals surface area contributed by atoms with Gasteiger partial charge in [-0.15, -0.1) is 11.3 Å². The molecule has 2 atom stereocenters.